The van der Waals surface area contributed by atoms with Crippen LogP contribution in [0.4, 0.5) is 0 Å². The smallest absolute Gasteiger partial charge is 0.323 e. The van der Waals surface area contributed by atoms with E-state index in [1.165, 1.54) is 13.5 Å². The molecule has 2 fully saturated rings. The van der Waals surface area contributed by atoms with Crippen molar-refractivity contribution < 1.29 is 14.3 Å². The largest absolute Gasteiger partial charge is 0.468 e. The van der Waals surface area contributed by atoms with Gasteiger partial charge in [0.1, 0.15) is 6.04 Å². The van der Waals surface area contributed by atoms with Crippen molar-refractivity contribution in [3.05, 3.63) is 0 Å². The predicted octanol–water partition coefficient (Wildman–Crippen LogP) is 0.882. The number of piperidine rings is 1. The fourth-order valence-electron chi connectivity index (χ4n) is 3.11. The molecule has 1 amide bonds. The zero-order valence-electron chi connectivity index (χ0n) is 11.9. The van der Waals surface area contributed by atoms with Crippen molar-refractivity contribution >= 4 is 11.9 Å². The molecule has 2 aliphatic rings. The van der Waals surface area contributed by atoms with Crippen LogP contribution in [0.2, 0.25) is 0 Å². The summed E-state index contributed by atoms with van der Waals surface area (Å²) in [6.07, 6.45) is 4.06. The van der Waals surface area contributed by atoms with Gasteiger partial charge in [-0.2, -0.15) is 0 Å². The van der Waals surface area contributed by atoms with Crippen LogP contribution in [0.25, 0.3) is 0 Å². The van der Waals surface area contributed by atoms with E-state index >= 15 is 0 Å². The molecule has 2 unspecified atom stereocenters. The van der Waals surface area contributed by atoms with Gasteiger partial charge in [-0.1, -0.05) is 6.92 Å². The van der Waals surface area contributed by atoms with E-state index in [4.69, 9.17) is 4.74 Å². The molecule has 2 rings (SSSR count). The van der Waals surface area contributed by atoms with E-state index in [0.717, 1.165) is 38.9 Å². The highest BCUT2D eigenvalue weighted by molar-refractivity contribution is 5.81. The Bertz CT molecular complexity index is 346. The van der Waals surface area contributed by atoms with Crippen LogP contribution in [0.1, 0.15) is 32.6 Å². The number of hydrogen-bond acceptors (Lipinski definition) is 4. The Morgan fingerprint density at radius 1 is 1.21 bits per heavy atom. The van der Waals surface area contributed by atoms with Gasteiger partial charge in [0, 0.05) is 13.1 Å². The summed E-state index contributed by atoms with van der Waals surface area (Å²) in [7, 11) is 1.41. The van der Waals surface area contributed by atoms with Crippen LogP contribution in [0.15, 0.2) is 0 Å². The third kappa shape index (κ3) is 3.47. The molecule has 0 aromatic carbocycles. The van der Waals surface area contributed by atoms with Crippen molar-refractivity contribution in [2.75, 3.05) is 33.3 Å². The maximum atomic E-state index is 12.3. The number of esters is 1. The van der Waals surface area contributed by atoms with Crippen molar-refractivity contribution in [2.24, 2.45) is 5.92 Å². The first-order valence-corrected chi connectivity index (χ1v) is 7.21. The second-order valence-electron chi connectivity index (χ2n) is 5.74. The molecular weight excluding hydrogens is 244 g/mol. The van der Waals surface area contributed by atoms with Crippen molar-refractivity contribution in [2.45, 2.75) is 38.6 Å². The second kappa shape index (κ2) is 6.37. The molecule has 2 saturated heterocycles. The second-order valence-corrected chi connectivity index (χ2v) is 5.74. The Morgan fingerprint density at radius 3 is 2.63 bits per heavy atom. The van der Waals surface area contributed by atoms with Crippen LogP contribution in [-0.4, -0.2) is 61.0 Å². The molecule has 0 N–H and O–H groups in total. The number of carbonyl (C=O) groups excluding carboxylic acids is 2. The topological polar surface area (TPSA) is 49.9 Å². The van der Waals surface area contributed by atoms with Gasteiger partial charge in [-0.05, 0) is 38.1 Å². The van der Waals surface area contributed by atoms with E-state index in [-0.39, 0.29) is 17.9 Å². The number of likely N-dealkylation sites (tertiary alicyclic amines) is 2. The van der Waals surface area contributed by atoms with Crippen LogP contribution in [0.5, 0.6) is 0 Å². The molecule has 0 radical (unpaired) electrons. The standard InChI is InChI=1S/C14H24N2O3/c1-11-5-3-8-16(9-11)13(17)10-15-7-4-6-12(15)14(18)19-2/h11-12H,3-10H2,1-2H3. The van der Waals surface area contributed by atoms with Gasteiger partial charge in [0.05, 0.1) is 13.7 Å². The molecule has 2 atom stereocenters. The minimum Gasteiger partial charge on any atom is -0.468 e. The highest BCUT2D eigenvalue weighted by Gasteiger charge is 2.34. The zero-order valence-corrected chi connectivity index (χ0v) is 11.9. The summed E-state index contributed by atoms with van der Waals surface area (Å²) in [6.45, 7) is 5.07. The first-order valence-electron chi connectivity index (χ1n) is 7.21. The molecule has 0 bridgehead atoms. The predicted molar refractivity (Wildman–Crippen MR) is 71.6 cm³/mol. The Kier molecular flexibility index (Phi) is 4.80. The first kappa shape index (κ1) is 14.3. The molecule has 0 saturated carbocycles. The Labute approximate surface area is 114 Å². The lowest BCUT2D eigenvalue weighted by Crippen LogP contribution is -2.47. The fraction of sp³-hybridized carbons (Fsp3) is 0.857. The molecule has 2 heterocycles. The summed E-state index contributed by atoms with van der Waals surface area (Å²) in [4.78, 5) is 27.8. The van der Waals surface area contributed by atoms with Gasteiger partial charge in [0.2, 0.25) is 5.91 Å². The quantitative estimate of drug-likeness (QED) is 0.713. The third-order valence-electron chi connectivity index (χ3n) is 4.18. The minimum atomic E-state index is -0.226. The molecule has 0 spiro atoms. The molecule has 5 heteroatoms. The fourth-order valence-corrected chi connectivity index (χ4v) is 3.11. The van der Waals surface area contributed by atoms with Gasteiger partial charge in [-0.25, -0.2) is 0 Å². The van der Waals surface area contributed by atoms with E-state index < -0.39 is 0 Å². The van der Waals surface area contributed by atoms with Gasteiger partial charge in [-0.15, -0.1) is 0 Å². The van der Waals surface area contributed by atoms with Gasteiger partial charge in [0.25, 0.3) is 0 Å². The molecule has 19 heavy (non-hydrogen) atoms. The first-order chi connectivity index (χ1) is 9.11. The van der Waals surface area contributed by atoms with Crippen molar-refractivity contribution in [3.63, 3.8) is 0 Å². The van der Waals surface area contributed by atoms with Crippen LogP contribution >= 0.6 is 0 Å². The monoisotopic (exact) mass is 268 g/mol. The van der Waals surface area contributed by atoms with Gasteiger partial charge in [-0.3, -0.25) is 14.5 Å². The number of carbonyl (C=O) groups is 2. The number of amides is 1. The average molecular weight is 268 g/mol. The van der Waals surface area contributed by atoms with Gasteiger partial charge < -0.3 is 9.64 Å². The SMILES string of the molecule is COC(=O)C1CCCN1CC(=O)N1CCCC(C)C1. The lowest BCUT2D eigenvalue weighted by molar-refractivity contribution is -0.147. The van der Waals surface area contributed by atoms with Crippen LogP contribution in [0.3, 0.4) is 0 Å². The summed E-state index contributed by atoms with van der Waals surface area (Å²) in [5, 5.41) is 0. The summed E-state index contributed by atoms with van der Waals surface area (Å²) in [5.41, 5.74) is 0. The van der Waals surface area contributed by atoms with Gasteiger partial charge in [0.15, 0.2) is 0 Å². The summed E-state index contributed by atoms with van der Waals surface area (Å²) >= 11 is 0. The van der Waals surface area contributed by atoms with Crippen LogP contribution in [0, 0.1) is 5.92 Å². The maximum Gasteiger partial charge on any atom is 0.323 e. The molecule has 0 aromatic rings. The number of ether oxygens (including phenoxy) is 1. The maximum absolute atomic E-state index is 12.3. The zero-order chi connectivity index (χ0) is 13.8. The molecule has 2 aliphatic heterocycles. The molecule has 0 aromatic heterocycles. The van der Waals surface area contributed by atoms with Crippen LogP contribution < -0.4 is 0 Å². The lowest BCUT2D eigenvalue weighted by Gasteiger charge is -2.33. The number of nitrogens with zero attached hydrogens (tertiary/aromatic N) is 2. The van der Waals surface area contributed by atoms with Crippen molar-refractivity contribution in [1.29, 1.82) is 0 Å². The number of methoxy groups -OCH3 is 1. The average Bonchev–Trinajstić information content (AvgIpc) is 2.86. The van der Waals surface area contributed by atoms with Crippen LogP contribution in [-0.2, 0) is 14.3 Å². The number of hydrogen-bond donors (Lipinski definition) is 0. The van der Waals surface area contributed by atoms with Crippen molar-refractivity contribution in [3.8, 4) is 0 Å². The molecular formula is C14H24N2O3. The third-order valence-corrected chi connectivity index (χ3v) is 4.18. The van der Waals surface area contributed by atoms with Crippen molar-refractivity contribution in [1.82, 2.24) is 9.80 Å². The number of rotatable bonds is 3. The van der Waals surface area contributed by atoms with E-state index in [0.29, 0.717) is 12.5 Å². The Balaban J connectivity index is 1.89. The highest BCUT2D eigenvalue weighted by atomic mass is 16.5. The van der Waals surface area contributed by atoms with E-state index in [2.05, 4.69) is 6.92 Å². The van der Waals surface area contributed by atoms with E-state index in [1.54, 1.807) is 0 Å². The Morgan fingerprint density at radius 2 is 1.95 bits per heavy atom. The normalized spacial score (nSPS) is 28.4. The van der Waals surface area contributed by atoms with E-state index in [9.17, 15) is 9.59 Å². The summed E-state index contributed by atoms with van der Waals surface area (Å²) in [6, 6.07) is -0.226. The molecule has 5 nitrogen and oxygen atoms in total. The van der Waals surface area contributed by atoms with Gasteiger partial charge >= 0.3 is 5.97 Å². The molecule has 0 aliphatic carbocycles. The minimum absolute atomic E-state index is 0.155. The Hall–Kier alpha value is -1.10. The molecule has 108 valence electrons. The van der Waals surface area contributed by atoms with E-state index in [1.807, 2.05) is 9.80 Å². The lowest BCUT2D eigenvalue weighted by atomic mass is 10.0. The highest BCUT2D eigenvalue weighted by Crippen LogP contribution is 2.20. The summed E-state index contributed by atoms with van der Waals surface area (Å²) < 4.78 is 4.80. The summed E-state index contributed by atoms with van der Waals surface area (Å²) in [5.74, 6) is 0.535.